The Morgan fingerprint density at radius 2 is 1.90 bits per heavy atom. The molecule has 2 N–H and O–H groups in total. The fourth-order valence-corrected chi connectivity index (χ4v) is 4.45. The van der Waals surface area contributed by atoms with Gasteiger partial charge in [-0.15, -0.1) is 0 Å². The molecule has 1 aliphatic carbocycles. The smallest absolute Gasteiger partial charge is 0.242 e. The molecule has 1 aliphatic rings. The van der Waals surface area contributed by atoms with Gasteiger partial charge in [0.15, 0.2) is 0 Å². The Morgan fingerprint density at radius 1 is 1.25 bits per heavy atom. The predicted octanol–water partition coefficient (Wildman–Crippen LogP) is 2.82. The van der Waals surface area contributed by atoms with E-state index < -0.39 is 10.0 Å². The van der Waals surface area contributed by atoms with Gasteiger partial charge in [0, 0.05) is 18.6 Å². The van der Waals surface area contributed by atoms with Gasteiger partial charge in [0.05, 0.1) is 10.0 Å². The second-order valence-corrected chi connectivity index (χ2v) is 7.76. The highest BCUT2D eigenvalue weighted by molar-refractivity contribution is 7.89. The molecule has 112 valence electrons. The summed E-state index contributed by atoms with van der Waals surface area (Å²) in [5.41, 5.74) is -0.349. The lowest BCUT2D eigenvalue weighted by Crippen LogP contribution is -2.38. The second kappa shape index (κ2) is 6.20. The van der Waals surface area contributed by atoms with Crippen LogP contribution in [0.2, 0.25) is 10.0 Å². The molecule has 0 saturated heterocycles. The number of hydrogen-bond acceptors (Lipinski definition) is 3. The minimum atomic E-state index is -3.73. The summed E-state index contributed by atoms with van der Waals surface area (Å²) in [5.74, 6) is 0. The lowest BCUT2D eigenvalue weighted by atomic mass is 9.88. The average molecular weight is 338 g/mol. The van der Waals surface area contributed by atoms with Crippen molar-refractivity contribution in [3.8, 4) is 0 Å². The first kappa shape index (κ1) is 16.0. The van der Waals surface area contributed by atoms with E-state index in [-0.39, 0.29) is 33.5 Å². The van der Waals surface area contributed by atoms with E-state index in [2.05, 4.69) is 4.72 Å². The maximum absolute atomic E-state index is 12.3. The van der Waals surface area contributed by atoms with Gasteiger partial charge < -0.3 is 5.11 Å². The van der Waals surface area contributed by atoms with Crippen LogP contribution in [0.25, 0.3) is 0 Å². The number of benzene rings is 1. The highest BCUT2D eigenvalue weighted by Gasteiger charge is 2.34. The molecule has 20 heavy (non-hydrogen) atoms. The molecule has 7 heteroatoms. The number of rotatable bonds is 5. The third-order valence-corrected chi connectivity index (χ3v) is 6.22. The molecule has 1 saturated carbocycles. The van der Waals surface area contributed by atoms with Crippen molar-refractivity contribution in [3.05, 3.63) is 28.2 Å². The third kappa shape index (κ3) is 3.28. The summed E-state index contributed by atoms with van der Waals surface area (Å²) < 4.78 is 27.1. The molecule has 0 spiro atoms. The molecule has 0 radical (unpaired) electrons. The average Bonchev–Trinajstić information content (AvgIpc) is 2.89. The first-order chi connectivity index (χ1) is 9.40. The monoisotopic (exact) mass is 337 g/mol. The number of nitrogens with one attached hydrogen (secondary N) is 1. The molecule has 0 aliphatic heterocycles. The van der Waals surface area contributed by atoms with Crippen molar-refractivity contribution in [1.29, 1.82) is 0 Å². The molecular formula is C13H17Cl2NO3S. The van der Waals surface area contributed by atoms with Crippen LogP contribution in [0.15, 0.2) is 23.1 Å². The van der Waals surface area contributed by atoms with E-state index in [4.69, 9.17) is 23.2 Å². The molecule has 0 unspecified atom stereocenters. The molecule has 0 amide bonds. The van der Waals surface area contributed by atoms with E-state index in [1.54, 1.807) is 6.07 Å². The van der Waals surface area contributed by atoms with Crippen LogP contribution in [0.5, 0.6) is 0 Å². The number of halogens is 2. The fourth-order valence-electron chi connectivity index (χ4n) is 2.53. The minimum Gasteiger partial charge on any atom is -0.396 e. The van der Waals surface area contributed by atoms with Crippen LogP contribution in [0.3, 0.4) is 0 Å². The Bertz CT molecular complexity index is 583. The molecule has 0 bridgehead atoms. The van der Waals surface area contributed by atoms with Crippen molar-refractivity contribution in [1.82, 2.24) is 4.72 Å². The summed E-state index contributed by atoms with van der Waals surface area (Å²) in [6, 6.07) is 4.49. The lowest BCUT2D eigenvalue weighted by Gasteiger charge is -2.26. The largest absolute Gasteiger partial charge is 0.396 e. The van der Waals surface area contributed by atoms with Crippen LogP contribution >= 0.6 is 23.2 Å². The zero-order chi connectivity index (χ0) is 14.8. The highest BCUT2D eigenvalue weighted by Crippen LogP contribution is 2.37. The Labute approximate surface area is 129 Å². The van der Waals surface area contributed by atoms with Crippen molar-refractivity contribution >= 4 is 33.2 Å². The Hall–Kier alpha value is -0.330. The maximum atomic E-state index is 12.3. The van der Waals surface area contributed by atoms with Gasteiger partial charge in [0.1, 0.15) is 4.90 Å². The Kier molecular flexibility index (Phi) is 4.97. The van der Waals surface area contributed by atoms with Crippen LogP contribution in [0, 0.1) is 5.41 Å². The van der Waals surface area contributed by atoms with Gasteiger partial charge in [-0.25, -0.2) is 13.1 Å². The van der Waals surface area contributed by atoms with Gasteiger partial charge in [0.25, 0.3) is 0 Å². The number of sulfonamides is 1. The zero-order valence-corrected chi connectivity index (χ0v) is 13.2. The molecule has 1 aromatic carbocycles. The summed E-state index contributed by atoms with van der Waals surface area (Å²) in [5, 5.41) is 9.72. The summed E-state index contributed by atoms with van der Waals surface area (Å²) in [7, 11) is -3.73. The summed E-state index contributed by atoms with van der Waals surface area (Å²) in [4.78, 5) is -0.0299. The van der Waals surface area contributed by atoms with Crippen molar-refractivity contribution in [2.24, 2.45) is 5.41 Å². The molecule has 2 rings (SSSR count). The highest BCUT2D eigenvalue weighted by atomic mass is 35.5. The van der Waals surface area contributed by atoms with Gasteiger partial charge in [0.2, 0.25) is 10.0 Å². The van der Waals surface area contributed by atoms with Crippen LogP contribution in [0.4, 0.5) is 0 Å². The van der Waals surface area contributed by atoms with Gasteiger partial charge >= 0.3 is 0 Å². The molecule has 1 aromatic rings. The lowest BCUT2D eigenvalue weighted by molar-refractivity contribution is 0.134. The van der Waals surface area contributed by atoms with E-state index in [1.165, 1.54) is 12.1 Å². The predicted molar refractivity (Wildman–Crippen MR) is 79.6 cm³/mol. The molecule has 0 aromatic heterocycles. The molecule has 4 nitrogen and oxygen atoms in total. The van der Waals surface area contributed by atoms with Crippen molar-refractivity contribution in [3.63, 3.8) is 0 Å². The summed E-state index contributed by atoms with van der Waals surface area (Å²) >= 11 is 11.8. The fraction of sp³-hybridized carbons (Fsp3) is 0.538. The third-order valence-electron chi connectivity index (χ3n) is 3.84. The van der Waals surface area contributed by atoms with Gasteiger partial charge in [-0.1, -0.05) is 42.1 Å². The van der Waals surface area contributed by atoms with E-state index in [9.17, 15) is 13.5 Å². The van der Waals surface area contributed by atoms with Gasteiger partial charge in [-0.3, -0.25) is 0 Å². The first-order valence-electron chi connectivity index (χ1n) is 6.45. The molecule has 0 atom stereocenters. The molecule has 0 heterocycles. The van der Waals surface area contributed by atoms with Crippen molar-refractivity contribution < 1.29 is 13.5 Å². The normalized spacial score (nSPS) is 18.4. The Morgan fingerprint density at radius 3 is 2.50 bits per heavy atom. The van der Waals surface area contributed by atoms with Crippen molar-refractivity contribution in [2.45, 2.75) is 30.6 Å². The summed E-state index contributed by atoms with van der Waals surface area (Å²) in [6.45, 7) is 0.202. The van der Waals surface area contributed by atoms with E-state index >= 15 is 0 Å². The number of hydrogen-bond donors (Lipinski definition) is 2. The van der Waals surface area contributed by atoms with Crippen LogP contribution in [-0.2, 0) is 10.0 Å². The standard InChI is InChI=1S/C13H17Cl2NO3S/c14-10-4-3-5-11(12(10)15)20(18,19)16-8-13(9-17)6-1-2-7-13/h3-5,16-17H,1-2,6-9H2. The van der Waals surface area contributed by atoms with Crippen molar-refractivity contribution in [2.75, 3.05) is 13.2 Å². The number of aliphatic hydroxyl groups excluding tert-OH is 1. The quantitative estimate of drug-likeness (QED) is 0.868. The number of aliphatic hydroxyl groups is 1. The Balaban J connectivity index is 2.17. The van der Waals surface area contributed by atoms with E-state index in [0.717, 1.165) is 25.7 Å². The maximum Gasteiger partial charge on any atom is 0.242 e. The van der Waals surface area contributed by atoms with Crippen LogP contribution < -0.4 is 4.72 Å². The SMILES string of the molecule is O=S(=O)(NCC1(CO)CCCC1)c1cccc(Cl)c1Cl. The summed E-state index contributed by atoms with van der Waals surface area (Å²) in [6.07, 6.45) is 3.69. The minimum absolute atomic E-state index is 0.0151. The molecular weight excluding hydrogens is 321 g/mol. The van der Waals surface area contributed by atoms with Gasteiger partial charge in [-0.05, 0) is 25.0 Å². The van der Waals surface area contributed by atoms with E-state index in [1.807, 2.05) is 0 Å². The van der Waals surface area contributed by atoms with Crippen LogP contribution in [0.1, 0.15) is 25.7 Å². The molecule has 1 fully saturated rings. The van der Waals surface area contributed by atoms with Crippen LogP contribution in [-0.4, -0.2) is 26.7 Å². The zero-order valence-electron chi connectivity index (χ0n) is 10.9. The topological polar surface area (TPSA) is 66.4 Å². The van der Waals surface area contributed by atoms with E-state index in [0.29, 0.717) is 0 Å². The second-order valence-electron chi connectivity index (χ2n) is 5.24. The first-order valence-corrected chi connectivity index (χ1v) is 8.69. The van der Waals surface area contributed by atoms with Gasteiger partial charge in [-0.2, -0.15) is 0 Å².